The summed E-state index contributed by atoms with van der Waals surface area (Å²) in [6, 6.07) is -1.67. The van der Waals surface area contributed by atoms with Crippen molar-refractivity contribution in [3.63, 3.8) is 0 Å². The highest BCUT2D eigenvalue weighted by molar-refractivity contribution is 5.93. The Balaban J connectivity index is 1.69. The number of nitrogens with one attached hydrogen (secondary N) is 2. The van der Waals surface area contributed by atoms with E-state index in [-0.39, 0.29) is 19.1 Å². The molecule has 43 heavy (non-hydrogen) atoms. The van der Waals surface area contributed by atoms with E-state index < -0.39 is 102 Å². The van der Waals surface area contributed by atoms with Crippen LogP contribution in [-0.4, -0.2) is 88.7 Å². The Kier molecular flexibility index (Phi) is 12.3. The molecule has 10 nitrogen and oxygen atoms in total. The van der Waals surface area contributed by atoms with Gasteiger partial charge in [0.25, 0.3) is 5.91 Å². The van der Waals surface area contributed by atoms with Crippen LogP contribution in [0.3, 0.4) is 0 Å². The van der Waals surface area contributed by atoms with E-state index in [0.29, 0.717) is 12.1 Å². The van der Waals surface area contributed by atoms with Crippen molar-refractivity contribution in [2.24, 2.45) is 5.92 Å². The number of carboxylic acid groups (broad SMARTS) is 1. The molecule has 0 radical (unpaired) electrons. The van der Waals surface area contributed by atoms with Crippen molar-refractivity contribution >= 4 is 23.7 Å². The normalized spacial score (nSPS) is 20.7. The van der Waals surface area contributed by atoms with Crippen molar-refractivity contribution in [1.82, 2.24) is 15.5 Å². The fourth-order valence-electron chi connectivity index (χ4n) is 5.39. The number of aliphatic hydroxyl groups is 1. The molecule has 1 aliphatic heterocycles. The van der Waals surface area contributed by atoms with Gasteiger partial charge < -0.3 is 30.5 Å². The molecule has 14 heteroatoms. The number of carboxylic acids is 1. The van der Waals surface area contributed by atoms with Crippen LogP contribution in [0.2, 0.25) is 0 Å². The third-order valence-corrected chi connectivity index (χ3v) is 7.78. The highest BCUT2D eigenvalue weighted by atomic mass is 19.3. The molecule has 0 bridgehead atoms. The lowest BCUT2D eigenvalue weighted by Gasteiger charge is -2.29. The maximum Gasteiger partial charge on any atom is 0.335 e. The number of alkyl halides is 2. The molecule has 1 unspecified atom stereocenters. The number of benzene rings is 1. The first-order chi connectivity index (χ1) is 20.3. The Labute approximate surface area is 247 Å². The molecule has 1 saturated carbocycles. The van der Waals surface area contributed by atoms with Gasteiger partial charge in [-0.05, 0) is 37.3 Å². The lowest BCUT2D eigenvalue weighted by molar-refractivity contribution is -0.147. The number of hydrogen-bond donors (Lipinski definition) is 4. The molecule has 0 spiro atoms. The summed E-state index contributed by atoms with van der Waals surface area (Å²) in [5.41, 5.74) is -1.11. The third-order valence-electron chi connectivity index (χ3n) is 7.78. The molecule has 3 rings (SSSR count). The fraction of sp³-hybridized carbons (Fsp3) is 0.655. The second kappa shape index (κ2) is 15.5. The minimum atomic E-state index is -3.00. The summed E-state index contributed by atoms with van der Waals surface area (Å²) in [4.78, 5) is 51.4. The van der Waals surface area contributed by atoms with Crippen LogP contribution in [0, 0.1) is 17.6 Å². The summed E-state index contributed by atoms with van der Waals surface area (Å²) in [6.45, 7) is 2.87. The van der Waals surface area contributed by atoms with E-state index in [4.69, 9.17) is 9.84 Å². The van der Waals surface area contributed by atoms with Crippen molar-refractivity contribution < 1.29 is 51.7 Å². The van der Waals surface area contributed by atoms with E-state index in [1.807, 2.05) is 0 Å². The van der Waals surface area contributed by atoms with Gasteiger partial charge in [0, 0.05) is 31.5 Å². The van der Waals surface area contributed by atoms with Crippen molar-refractivity contribution in [3.8, 4) is 0 Å². The van der Waals surface area contributed by atoms with Gasteiger partial charge in [-0.1, -0.05) is 33.1 Å². The molecule has 2 aliphatic rings. The van der Waals surface area contributed by atoms with Crippen molar-refractivity contribution in [2.75, 3.05) is 13.1 Å². The third kappa shape index (κ3) is 9.36. The fourth-order valence-corrected chi connectivity index (χ4v) is 5.39. The largest absolute Gasteiger partial charge is 0.478 e. The van der Waals surface area contributed by atoms with Gasteiger partial charge in [-0.25, -0.2) is 22.4 Å². The van der Waals surface area contributed by atoms with Gasteiger partial charge in [0.05, 0.1) is 17.8 Å². The molecule has 4 N–H and O–H groups in total. The number of nitrogens with zero attached hydrogens (tertiary/aromatic N) is 1. The molecule has 1 aromatic rings. The zero-order valence-electron chi connectivity index (χ0n) is 24.2. The lowest BCUT2D eigenvalue weighted by Crippen LogP contribution is -2.55. The molecule has 0 aromatic heterocycles. The number of rotatable bonds is 13. The molecular weight excluding hydrogens is 578 g/mol. The standard InChI is InChI=1S/C29H39F4N3O7/c1-15(2)25(37)28(40)36-14-18(43-17-6-4-3-5-7-17)12-23(36)27(39)35-22(13-24(32)33)26(38)34-9-8-19-20(30)10-16(29(41)42)11-21(19)31/h10-11,15,17-18,22-25,37H,3-9,12-14H2,1-2H3,(H,34,38)(H,35,39)(H,41,42)/t18-,22+,23?,25+/m1/s1. The number of halogens is 4. The van der Waals surface area contributed by atoms with Gasteiger partial charge in [0.1, 0.15) is 29.8 Å². The van der Waals surface area contributed by atoms with Gasteiger partial charge in [-0.3, -0.25) is 14.4 Å². The van der Waals surface area contributed by atoms with E-state index >= 15 is 0 Å². The summed E-state index contributed by atoms with van der Waals surface area (Å²) >= 11 is 0. The first kappa shape index (κ1) is 34.2. The van der Waals surface area contributed by atoms with Crippen LogP contribution < -0.4 is 10.6 Å². The Hall–Kier alpha value is -3.26. The number of likely N-dealkylation sites (tertiary alicyclic amines) is 1. The predicted molar refractivity (Wildman–Crippen MR) is 145 cm³/mol. The van der Waals surface area contributed by atoms with Crippen molar-refractivity contribution in [2.45, 2.75) is 102 Å². The summed E-state index contributed by atoms with van der Waals surface area (Å²) in [7, 11) is 0. The zero-order valence-corrected chi connectivity index (χ0v) is 24.2. The number of amides is 3. The smallest absolute Gasteiger partial charge is 0.335 e. The quantitative estimate of drug-likeness (QED) is 0.249. The van der Waals surface area contributed by atoms with Gasteiger partial charge in [-0.15, -0.1) is 0 Å². The predicted octanol–water partition coefficient (Wildman–Crippen LogP) is 2.80. The number of carbonyl (C=O) groups is 4. The van der Waals surface area contributed by atoms with E-state index in [9.17, 15) is 41.8 Å². The molecular formula is C29H39F4N3O7. The molecule has 1 aromatic carbocycles. The number of carbonyl (C=O) groups excluding carboxylic acids is 3. The SMILES string of the molecule is CC(C)[C@H](O)C(=O)N1C[C@H](OC2CCCCC2)CC1C(=O)N[C@@H](CC(F)F)C(=O)NCCc1c(F)cc(C(=O)O)cc1F. The highest BCUT2D eigenvalue weighted by Crippen LogP contribution is 2.28. The maximum atomic E-state index is 14.2. The molecule has 1 aliphatic carbocycles. The highest BCUT2D eigenvalue weighted by Gasteiger charge is 2.44. The number of ether oxygens (including phenoxy) is 1. The van der Waals surface area contributed by atoms with Gasteiger partial charge in [0.15, 0.2) is 0 Å². The van der Waals surface area contributed by atoms with Crippen LogP contribution in [0.1, 0.15) is 74.7 Å². The van der Waals surface area contributed by atoms with Crippen molar-refractivity contribution in [3.05, 3.63) is 34.9 Å². The van der Waals surface area contributed by atoms with Crippen LogP contribution in [-0.2, 0) is 25.5 Å². The van der Waals surface area contributed by atoms with Crippen molar-refractivity contribution in [1.29, 1.82) is 0 Å². The average molecular weight is 618 g/mol. The minimum Gasteiger partial charge on any atom is -0.478 e. The Morgan fingerprint density at radius 1 is 1.05 bits per heavy atom. The van der Waals surface area contributed by atoms with Gasteiger partial charge in [0.2, 0.25) is 18.2 Å². The van der Waals surface area contributed by atoms with Crippen LogP contribution >= 0.6 is 0 Å². The molecule has 1 heterocycles. The monoisotopic (exact) mass is 617 g/mol. The Morgan fingerprint density at radius 2 is 1.67 bits per heavy atom. The lowest BCUT2D eigenvalue weighted by atomic mass is 9.97. The van der Waals surface area contributed by atoms with Gasteiger partial charge in [-0.2, -0.15) is 0 Å². The van der Waals surface area contributed by atoms with Crippen LogP contribution in [0.25, 0.3) is 0 Å². The van der Waals surface area contributed by atoms with Crippen LogP contribution in [0.4, 0.5) is 17.6 Å². The molecule has 4 atom stereocenters. The summed E-state index contributed by atoms with van der Waals surface area (Å²) in [5.74, 6) is -6.91. The van der Waals surface area contributed by atoms with E-state index in [0.717, 1.165) is 37.0 Å². The Morgan fingerprint density at radius 3 is 2.23 bits per heavy atom. The summed E-state index contributed by atoms with van der Waals surface area (Å²) < 4.78 is 61.4. The van der Waals surface area contributed by atoms with E-state index in [1.165, 1.54) is 0 Å². The minimum absolute atomic E-state index is 0.0146. The van der Waals surface area contributed by atoms with Crippen LogP contribution in [0.5, 0.6) is 0 Å². The topological polar surface area (TPSA) is 145 Å². The maximum absolute atomic E-state index is 14.2. The molecule has 1 saturated heterocycles. The zero-order chi connectivity index (χ0) is 31.8. The summed E-state index contributed by atoms with van der Waals surface area (Å²) in [6.07, 6.45) is -1.66. The number of aromatic carboxylic acids is 1. The summed E-state index contributed by atoms with van der Waals surface area (Å²) in [5, 5.41) is 23.9. The molecule has 3 amide bonds. The number of hydrogen-bond acceptors (Lipinski definition) is 6. The molecule has 240 valence electrons. The molecule has 2 fully saturated rings. The van der Waals surface area contributed by atoms with E-state index in [1.54, 1.807) is 13.8 Å². The van der Waals surface area contributed by atoms with E-state index in [2.05, 4.69) is 10.6 Å². The first-order valence-electron chi connectivity index (χ1n) is 14.5. The second-order valence-electron chi connectivity index (χ2n) is 11.4. The van der Waals surface area contributed by atoms with Gasteiger partial charge >= 0.3 is 5.97 Å². The number of aliphatic hydroxyl groups excluding tert-OH is 1. The second-order valence-corrected chi connectivity index (χ2v) is 11.4. The first-order valence-corrected chi connectivity index (χ1v) is 14.5. The average Bonchev–Trinajstić information content (AvgIpc) is 3.37. The Bertz CT molecular complexity index is 1140. The van der Waals surface area contributed by atoms with Crippen LogP contribution in [0.15, 0.2) is 12.1 Å².